The Morgan fingerprint density at radius 1 is 1.12 bits per heavy atom. The molecule has 6 rings (SSSR count). The number of fused-ring (bicyclic) bond motifs is 1. The molecular weight excluding hydrogens is 541 g/mol. The van der Waals surface area contributed by atoms with Crippen LogP contribution in [0.2, 0.25) is 0 Å². The number of benzene rings is 2. The zero-order valence-corrected chi connectivity index (χ0v) is 21.9. The van der Waals surface area contributed by atoms with Crippen molar-refractivity contribution in [1.82, 2.24) is 25.5 Å². The highest BCUT2D eigenvalue weighted by Gasteiger charge is 2.47. The van der Waals surface area contributed by atoms with Gasteiger partial charge >= 0.3 is 12.2 Å². The second-order valence-electron chi connectivity index (χ2n) is 10.1. The number of carbonyl (C=O) groups is 2. The molecule has 2 atom stereocenters. The van der Waals surface area contributed by atoms with Crippen molar-refractivity contribution in [3.63, 3.8) is 0 Å². The smallest absolute Gasteiger partial charge is 0.363 e. The molecule has 3 heterocycles. The highest BCUT2D eigenvalue weighted by Crippen LogP contribution is 2.47. The molecule has 0 saturated heterocycles. The molecule has 2 N–H and O–H groups in total. The largest absolute Gasteiger partial charge is 0.416 e. The normalized spacial score (nSPS) is 18.1. The fourth-order valence-corrected chi connectivity index (χ4v) is 5.21. The summed E-state index contributed by atoms with van der Waals surface area (Å²) in [5.41, 5.74) is 2.75. The number of urea groups is 1. The van der Waals surface area contributed by atoms with Gasteiger partial charge in [-0.2, -0.15) is 18.2 Å². The van der Waals surface area contributed by atoms with Crippen LogP contribution in [-0.4, -0.2) is 38.7 Å². The zero-order valence-electron chi connectivity index (χ0n) is 21.9. The molecule has 0 unspecified atom stereocenters. The first-order valence-corrected chi connectivity index (χ1v) is 13.0. The number of nitrogens with one attached hydrogen (secondary N) is 2. The van der Waals surface area contributed by atoms with Gasteiger partial charge in [0.25, 0.3) is 0 Å². The van der Waals surface area contributed by atoms with E-state index in [-0.39, 0.29) is 42.7 Å². The first-order chi connectivity index (χ1) is 19.7. The van der Waals surface area contributed by atoms with Crippen molar-refractivity contribution in [3.8, 4) is 11.1 Å². The van der Waals surface area contributed by atoms with E-state index in [1.165, 1.54) is 18.4 Å². The van der Waals surface area contributed by atoms with Crippen molar-refractivity contribution >= 4 is 17.8 Å². The number of rotatable bonds is 6. The molecule has 2 aromatic heterocycles. The van der Waals surface area contributed by atoms with Crippen LogP contribution < -0.4 is 10.6 Å². The second kappa shape index (κ2) is 10.4. The maximum Gasteiger partial charge on any atom is 0.416 e. The standard InChI is InChI=1S/C28H25F3N6O4/c1-15-33-26(41-35-15)22-12-21(22)25(38)32-13-17-5-6-19(16-3-2-4-18(11-16)28(29,30)31)20-7-9-37(14-23(17)20)27(39)34-24-8-10-40-36-24/h2-6,8,10-11,21-22H,7,9,12-14H2,1H3,(H,32,38)(H,34,36,39)/t21-,22-/m0/s1. The van der Waals surface area contributed by atoms with Gasteiger partial charge < -0.3 is 19.3 Å². The summed E-state index contributed by atoms with van der Waals surface area (Å²) in [6.45, 7) is 2.44. The molecule has 1 fully saturated rings. The van der Waals surface area contributed by atoms with E-state index in [0.29, 0.717) is 42.2 Å². The molecule has 10 nitrogen and oxygen atoms in total. The number of halogens is 3. The number of alkyl halides is 3. The molecular formula is C28H25F3N6O4. The number of nitrogens with zero attached hydrogens (tertiary/aromatic N) is 4. The van der Waals surface area contributed by atoms with Crippen molar-refractivity contribution in [2.75, 3.05) is 11.9 Å². The van der Waals surface area contributed by atoms with Gasteiger partial charge in [-0.1, -0.05) is 34.6 Å². The van der Waals surface area contributed by atoms with Gasteiger partial charge in [0.1, 0.15) is 6.26 Å². The van der Waals surface area contributed by atoms with E-state index in [9.17, 15) is 22.8 Å². The first kappa shape index (κ1) is 26.5. The maximum absolute atomic E-state index is 13.4. The van der Waals surface area contributed by atoms with Crippen molar-refractivity contribution < 1.29 is 31.8 Å². The molecule has 0 bridgehead atoms. The van der Waals surface area contributed by atoms with E-state index >= 15 is 0 Å². The molecule has 1 saturated carbocycles. The number of aromatic nitrogens is 3. The van der Waals surface area contributed by atoms with E-state index < -0.39 is 11.7 Å². The van der Waals surface area contributed by atoms with Crippen molar-refractivity contribution in [2.24, 2.45) is 5.92 Å². The van der Waals surface area contributed by atoms with Gasteiger partial charge in [0.15, 0.2) is 11.6 Å². The van der Waals surface area contributed by atoms with Crippen molar-refractivity contribution in [1.29, 1.82) is 0 Å². The predicted octanol–water partition coefficient (Wildman–Crippen LogP) is 5.06. The van der Waals surface area contributed by atoms with Crippen LogP contribution >= 0.6 is 0 Å². The van der Waals surface area contributed by atoms with Gasteiger partial charge in [0, 0.05) is 25.7 Å². The van der Waals surface area contributed by atoms with Gasteiger partial charge in [-0.15, -0.1) is 0 Å². The number of carbonyl (C=O) groups excluding carboxylic acids is 2. The summed E-state index contributed by atoms with van der Waals surface area (Å²) in [6.07, 6.45) is -2.11. The van der Waals surface area contributed by atoms with Crippen LogP contribution in [0, 0.1) is 12.8 Å². The van der Waals surface area contributed by atoms with Crippen LogP contribution in [0.15, 0.2) is 57.8 Å². The lowest BCUT2D eigenvalue weighted by Gasteiger charge is -2.32. The Labute approximate surface area is 231 Å². The molecule has 2 aromatic carbocycles. The summed E-state index contributed by atoms with van der Waals surface area (Å²) in [6, 6.07) is 9.90. The van der Waals surface area contributed by atoms with E-state index in [1.54, 1.807) is 30.0 Å². The Bertz CT molecular complexity index is 1600. The number of amides is 3. The van der Waals surface area contributed by atoms with Crippen LogP contribution in [0.3, 0.4) is 0 Å². The van der Waals surface area contributed by atoms with Gasteiger partial charge in [-0.25, -0.2) is 4.79 Å². The summed E-state index contributed by atoms with van der Waals surface area (Å²) >= 11 is 0. The molecule has 212 valence electrons. The van der Waals surface area contributed by atoms with Gasteiger partial charge in [0.2, 0.25) is 11.8 Å². The van der Waals surface area contributed by atoms with E-state index in [1.807, 2.05) is 0 Å². The summed E-state index contributed by atoms with van der Waals surface area (Å²) in [5, 5.41) is 13.1. The third kappa shape index (κ3) is 5.52. The summed E-state index contributed by atoms with van der Waals surface area (Å²) in [7, 11) is 0. The zero-order chi connectivity index (χ0) is 28.7. The third-order valence-corrected chi connectivity index (χ3v) is 7.41. The number of anilines is 1. The molecule has 2 aliphatic rings. The topological polar surface area (TPSA) is 126 Å². The van der Waals surface area contributed by atoms with Crippen LogP contribution in [0.4, 0.5) is 23.8 Å². The molecule has 1 aliphatic carbocycles. The van der Waals surface area contributed by atoms with Crippen molar-refractivity contribution in [2.45, 2.75) is 44.9 Å². The molecule has 13 heteroatoms. The Kier molecular flexibility index (Phi) is 6.72. The van der Waals surface area contributed by atoms with Crippen LogP contribution in [-0.2, 0) is 30.5 Å². The molecule has 41 heavy (non-hydrogen) atoms. The van der Waals surface area contributed by atoms with E-state index in [0.717, 1.165) is 28.8 Å². The van der Waals surface area contributed by atoms with Gasteiger partial charge in [-0.05, 0) is 59.7 Å². The molecule has 4 aromatic rings. The fraction of sp³-hybridized carbons (Fsp3) is 0.321. The highest BCUT2D eigenvalue weighted by molar-refractivity contribution is 5.88. The Hall–Kier alpha value is -4.68. The molecule has 0 spiro atoms. The minimum absolute atomic E-state index is 0.121. The Balaban J connectivity index is 1.26. The summed E-state index contributed by atoms with van der Waals surface area (Å²) in [4.78, 5) is 31.7. The van der Waals surface area contributed by atoms with Crippen LogP contribution in [0.1, 0.15) is 46.3 Å². The minimum atomic E-state index is -4.48. The quantitative estimate of drug-likeness (QED) is 0.334. The van der Waals surface area contributed by atoms with Crippen LogP contribution in [0.25, 0.3) is 11.1 Å². The van der Waals surface area contributed by atoms with Crippen molar-refractivity contribution in [3.05, 3.63) is 82.7 Å². The molecule has 1 aliphatic heterocycles. The lowest BCUT2D eigenvalue weighted by Crippen LogP contribution is -2.40. The molecule has 3 amide bonds. The monoisotopic (exact) mass is 566 g/mol. The fourth-order valence-electron chi connectivity index (χ4n) is 5.21. The van der Waals surface area contributed by atoms with Crippen LogP contribution in [0.5, 0.6) is 0 Å². The summed E-state index contributed by atoms with van der Waals surface area (Å²) < 4.78 is 50.3. The average molecular weight is 567 g/mol. The minimum Gasteiger partial charge on any atom is -0.363 e. The second-order valence-corrected chi connectivity index (χ2v) is 10.1. The first-order valence-electron chi connectivity index (χ1n) is 13.0. The summed E-state index contributed by atoms with van der Waals surface area (Å²) in [5.74, 6) is 0.665. The van der Waals surface area contributed by atoms with E-state index in [2.05, 4.69) is 25.9 Å². The van der Waals surface area contributed by atoms with Gasteiger partial charge in [-0.3, -0.25) is 10.1 Å². The third-order valence-electron chi connectivity index (χ3n) is 7.41. The number of hydrogen-bond donors (Lipinski definition) is 2. The van der Waals surface area contributed by atoms with E-state index in [4.69, 9.17) is 9.05 Å². The van der Waals surface area contributed by atoms with Gasteiger partial charge in [0.05, 0.1) is 17.4 Å². The SMILES string of the molecule is Cc1noc([C@H]2C[C@@H]2C(=O)NCc2ccc(-c3cccc(C(F)(F)F)c3)c3c2CN(C(=O)Nc2ccon2)CC3)n1. The number of aryl methyl sites for hydroxylation is 1. The average Bonchev–Trinajstić information content (AvgIpc) is 3.36. The molecule has 0 radical (unpaired) electrons. The lowest BCUT2D eigenvalue weighted by atomic mass is 9.87. The highest BCUT2D eigenvalue weighted by atomic mass is 19.4. The Morgan fingerprint density at radius 3 is 2.71 bits per heavy atom. The Morgan fingerprint density at radius 2 is 1.98 bits per heavy atom. The maximum atomic E-state index is 13.4. The number of hydrogen-bond acceptors (Lipinski definition) is 7. The predicted molar refractivity (Wildman–Crippen MR) is 138 cm³/mol. The lowest BCUT2D eigenvalue weighted by molar-refractivity contribution is -0.137.